The number of aromatic carboxylic acids is 1. The number of hydrogen-bond donors (Lipinski definition) is 2. The number of carbonyl (C=O) groups excluding carboxylic acids is 1. The average Bonchev–Trinajstić information content (AvgIpc) is 2.85. The summed E-state index contributed by atoms with van der Waals surface area (Å²) in [5.41, 5.74) is 0.134. The number of carbonyl (C=O) groups is 2. The molecule has 0 radical (unpaired) electrons. The van der Waals surface area contributed by atoms with Crippen molar-refractivity contribution in [1.82, 2.24) is 0 Å². The smallest absolute Gasteiger partial charge is 0.348 e. The van der Waals surface area contributed by atoms with Crippen LogP contribution in [0.4, 0.5) is 5.69 Å². The monoisotopic (exact) mass is 335 g/mol. The van der Waals surface area contributed by atoms with Gasteiger partial charge in [0.05, 0.1) is 10.6 Å². The molecular weight excluding hydrogens is 314 g/mol. The van der Waals surface area contributed by atoms with E-state index in [-0.39, 0.29) is 16.3 Å². The van der Waals surface area contributed by atoms with E-state index in [2.05, 4.69) is 11.8 Å². The summed E-state index contributed by atoms with van der Waals surface area (Å²) < 4.78 is 0. The van der Waals surface area contributed by atoms with Crippen LogP contribution in [0.1, 0.15) is 55.1 Å². The van der Waals surface area contributed by atoms with E-state index in [0.717, 1.165) is 11.3 Å². The minimum absolute atomic E-state index is 0.0810. The Morgan fingerprint density at radius 3 is 2.61 bits per heavy atom. The highest BCUT2D eigenvalue weighted by atomic mass is 32.1. The maximum atomic E-state index is 12.3. The van der Waals surface area contributed by atoms with Gasteiger partial charge in [-0.15, -0.1) is 11.3 Å². The van der Waals surface area contributed by atoms with Gasteiger partial charge in [-0.25, -0.2) is 4.79 Å². The number of piperidine rings is 1. The van der Waals surface area contributed by atoms with Gasteiger partial charge < -0.3 is 15.1 Å². The number of anilines is 1. The standard InChI is InChI=1S/C17H21NO4S/c1-10-5-6-13(19)15(20)18(10)12-9-11(7-8-17(2,3)4)23-14(12)16(21)22/h9-10,13,19H,5-6H2,1-4H3,(H,21,22)/t10-,13+/m1/s1. The molecule has 2 rings (SSSR count). The van der Waals surface area contributed by atoms with Gasteiger partial charge >= 0.3 is 5.97 Å². The molecule has 1 aliphatic heterocycles. The van der Waals surface area contributed by atoms with Gasteiger partial charge in [0.25, 0.3) is 5.91 Å². The lowest BCUT2D eigenvalue weighted by Crippen LogP contribution is -2.49. The Labute approximate surface area is 139 Å². The molecule has 1 aromatic heterocycles. The van der Waals surface area contributed by atoms with Gasteiger partial charge in [0.1, 0.15) is 11.0 Å². The summed E-state index contributed by atoms with van der Waals surface area (Å²) in [5, 5.41) is 19.2. The minimum atomic E-state index is -1.09. The van der Waals surface area contributed by atoms with Gasteiger partial charge in [0.2, 0.25) is 0 Å². The van der Waals surface area contributed by atoms with Gasteiger partial charge in [-0.05, 0) is 46.6 Å². The van der Waals surface area contributed by atoms with E-state index in [4.69, 9.17) is 0 Å². The van der Waals surface area contributed by atoms with Crippen LogP contribution in [0.25, 0.3) is 0 Å². The van der Waals surface area contributed by atoms with Crippen molar-refractivity contribution >= 4 is 28.9 Å². The van der Waals surface area contributed by atoms with Crippen molar-refractivity contribution in [3.8, 4) is 11.8 Å². The van der Waals surface area contributed by atoms with Crippen LogP contribution in [0.5, 0.6) is 0 Å². The van der Waals surface area contributed by atoms with Crippen molar-refractivity contribution in [2.75, 3.05) is 4.90 Å². The quantitative estimate of drug-likeness (QED) is 0.815. The van der Waals surface area contributed by atoms with Gasteiger partial charge in [-0.2, -0.15) is 0 Å². The highest BCUT2D eigenvalue weighted by molar-refractivity contribution is 7.15. The summed E-state index contributed by atoms with van der Waals surface area (Å²) in [6.07, 6.45) is -0.0401. The van der Waals surface area contributed by atoms with E-state index in [1.807, 2.05) is 27.7 Å². The van der Waals surface area contributed by atoms with Crippen LogP contribution in [0.15, 0.2) is 6.07 Å². The Hall–Kier alpha value is -1.84. The van der Waals surface area contributed by atoms with Crippen LogP contribution in [0.3, 0.4) is 0 Å². The predicted octanol–water partition coefficient (Wildman–Crippen LogP) is 2.72. The van der Waals surface area contributed by atoms with Crippen LogP contribution in [0, 0.1) is 17.3 Å². The summed E-state index contributed by atoms with van der Waals surface area (Å²) >= 11 is 1.06. The van der Waals surface area contributed by atoms with Crippen molar-refractivity contribution in [1.29, 1.82) is 0 Å². The number of nitrogens with zero attached hydrogens (tertiary/aromatic N) is 1. The SMILES string of the molecule is C[C@@H]1CC[C@H](O)C(=O)N1c1cc(C#CC(C)(C)C)sc1C(=O)O. The second kappa shape index (κ2) is 6.34. The largest absolute Gasteiger partial charge is 0.477 e. The molecule has 0 aromatic carbocycles. The molecule has 2 N–H and O–H groups in total. The molecule has 124 valence electrons. The van der Waals surface area contributed by atoms with Gasteiger partial charge in [-0.3, -0.25) is 4.79 Å². The van der Waals surface area contributed by atoms with E-state index in [1.165, 1.54) is 4.90 Å². The van der Waals surface area contributed by atoms with Crippen molar-refractivity contribution in [3.63, 3.8) is 0 Å². The lowest BCUT2D eigenvalue weighted by Gasteiger charge is -2.35. The number of hydrogen-bond acceptors (Lipinski definition) is 4. The van der Waals surface area contributed by atoms with E-state index in [0.29, 0.717) is 23.4 Å². The zero-order valence-corrected chi connectivity index (χ0v) is 14.5. The highest BCUT2D eigenvalue weighted by Crippen LogP contribution is 2.35. The number of carboxylic acid groups (broad SMARTS) is 1. The molecule has 0 bridgehead atoms. The van der Waals surface area contributed by atoms with Gasteiger partial charge in [-0.1, -0.05) is 11.8 Å². The van der Waals surface area contributed by atoms with Crippen LogP contribution >= 0.6 is 11.3 Å². The third kappa shape index (κ3) is 3.92. The van der Waals surface area contributed by atoms with Crippen molar-refractivity contribution in [2.24, 2.45) is 5.41 Å². The van der Waals surface area contributed by atoms with Crippen molar-refractivity contribution < 1.29 is 19.8 Å². The number of amides is 1. The number of thiophene rings is 1. The molecule has 1 saturated heterocycles. The maximum Gasteiger partial charge on any atom is 0.348 e. The normalized spacial score (nSPS) is 21.8. The first-order chi connectivity index (χ1) is 10.6. The molecule has 2 heterocycles. The molecule has 23 heavy (non-hydrogen) atoms. The van der Waals surface area contributed by atoms with Gasteiger partial charge in [0.15, 0.2) is 0 Å². The Morgan fingerprint density at radius 1 is 1.39 bits per heavy atom. The second-order valence-corrected chi connectivity index (χ2v) is 7.83. The Kier molecular flexibility index (Phi) is 4.83. The predicted molar refractivity (Wildman–Crippen MR) is 89.8 cm³/mol. The first-order valence-corrected chi connectivity index (χ1v) is 8.33. The van der Waals surface area contributed by atoms with Crippen molar-refractivity contribution in [3.05, 3.63) is 15.8 Å². The third-order valence-electron chi connectivity index (χ3n) is 3.55. The Morgan fingerprint density at radius 2 is 2.04 bits per heavy atom. The molecule has 0 saturated carbocycles. The fourth-order valence-corrected chi connectivity index (χ4v) is 3.25. The number of aliphatic hydroxyl groups excluding tert-OH is 1. The molecule has 5 nitrogen and oxygen atoms in total. The van der Waals surface area contributed by atoms with Crippen LogP contribution in [-0.2, 0) is 4.79 Å². The molecule has 0 aliphatic carbocycles. The van der Waals surface area contributed by atoms with E-state index in [9.17, 15) is 19.8 Å². The number of aliphatic hydroxyl groups is 1. The minimum Gasteiger partial charge on any atom is -0.477 e. The molecule has 2 atom stereocenters. The molecule has 0 spiro atoms. The lowest BCUT2D eigenvalue weighted by molar-refractivity contribution is -0.129. The summed E-state index contributed by atoms with van der Waals surface area (Å²) in [7, 11) is 0. The molecule has 6 heteroatoms. The average molecular weight is 335 g/mol. The second-order valence-electron chi connectivity index (χ2n) is 6.78. The molecule has 1 aromatic rings. The Balaban J connectivity index is 2.48. The fourth-order valence-electron chi connectivity index (χ4n) is 2.41. The summed E-state index contributed by atoms with van der Waals surface area (Å²) in [4.78, 5) is 25.9. The topological polar surface area (TPSA) is 77.8 Å². The van der Waals surface area contributed by atoms with E-state index < -0.39 is 18.0 Å². The first kappa shape index (κ1) is 17.5. The summed E-state index contributed by atoms with van der Waals surface area (Å²) in [6, 6.07) is 1.49. The maximum absolute atomic E-state index is 12.3. The van der Waals surface area contributed by atoms with Crippen LogP contribution in [0.2, 0.25) is 0 Å². The molecule has 1 aliphatic rings. The molecule has 1 amide bonds. The summed E-state index contributed by atoms with van der Waals surface area (Å²) in [6.45, 7) is 7.77. The lowest BCUT2D eigenvalue weighted by atomic mass is 9.98. The number of rotatable bonds is 2. The molecular formula is C17H21NO4S. The zero-order chi connectivity index (χ0) is 17.4. The number of carboxylic acids is 1. The Bertz CT molecular complexity index is 690. The highest BCUT2D eigenvalue weighted by Gasteiger charge is 2.35. The molecule has 1 fully saturated rings. The van der Waals surface area contributed by atoms with Crippen LogP contribution in [-0.4, -0.2) is 34.2 Å². The van der Waals surface area contributed by atoms with Crippen molar-refractivity contribution in [2.45, 2.75) is 52.7 Å². The third-order valence-corrected chi connectivity index (χ3v) is 4.58. The van der Waals surface area contributed by atoms with E-state index >= 15 is 0 Å². The summed E-state index contributed by atoms with van der Waals surface area (Å²) in [5.74, 6) is 4.52. The van der Waals surface area contributed by atoms with E-state index in [1.54, 1.807) is 6.07 Å². The zero-order valence-electron chi connectivity index (χ0n) is 13.7. The fraction of sp³-hybridized carbons (Fsp3) is 0.529. The molecule has 0 unspecified atom stereocenters. The van der Waals surface area contributed by atoms with Crippen LogP contribution < -0.4 is 4.90 Å². The first-order valence-electron chi connectivity index (χ1n) is 7.51. The van der Waals surface area contributed by atoms with Gasteiger partial charge in [0, 0.05) is 11.5 Å².